The number of fused-ring (bicyclic) bond motifs is 1. The fourth-order valence-electron chi connectivity index (χ4n) is 3.12. The molecule has 0 saturated carbocycles. The van der Waals surface area contributed by atoms with E-state index in [0.29, 0.717) is 5.69 Å². The fourth-order valence-corrected chi connectivity index (χ4v) is 4.10. The molecular weight excluding hydrogens is 362 g/mol. The Hall–Kier alpha value is -2.80. The van der Waals surface area contributed by atoms with Gasteiger partial charge in [-0.3, -0.25) is 9.10 Å². The van der Waals surface area contributed by atoms with E-state index < -0.39 is 10.0 Å². The number of hydrogen-bond donors (Lipinski definition) is 2. The van der Waals surface area contributed by atoms with Crippen molar-refractivity contribution in [3.05, 3.63) is 65.9 Å². The first-order valence-corrected chi connectivity index (χ1v) is 10.6. The van der Waals surface area contributed by atoms with Crippen LogP contribution in [0.15, 0.2) is 54.7 Å². The molecule has 0 radical (unpaired) electrons. The van der Waals surface area contributed by atoms with Gasteiger partial charge in [-0.05, 0) is 30.2 Å². The highest BCUT2D eigenvalue weighted by atomic mass is 32.2. The van der Waals surface area contributed by atoms with Gasteiger partial charge in [0, 0.05) is 23.6 Å². The second kappa shape index (κ2) is 7.84. The summed E-state index contributed by atoms with van der Waals surface area (Å²) in [5, 5.41) is 3.84. The lowest BCUT2D eigenvalue weighted by Gasteiger charge is -2.24. The molecule has 1 aromatic heterocycles. The van der Waals surface area contributed by atoms with Crippen molar-refractivity contribution in [1.82, 2.24) is 10.3 Å². The van der Waals surface area contributed by atoms with Crippen LogP contribution in [0, 0.1) is 6.92 Å². The summed E-state index contributed by atoms with van der Waals surface area (Å²) in [7, 11) is -3.44. The molecule has 0 fully saturated rings. The Kier molecular flexibility index (Phi) is 5.51. The standard InChI is InChI=1S/C20H23N3O3S/c1-15-7-3-6-10-19(15)23(27(2,25)26)12-11-21-20(24)13-16-14-22-18-9-5-4-8-17(16)18/h3-10,14,22H,11-13H2,1-2H3,(H,21,24). The van der Waals surface area contributed by atoms with Gasteiger partial charge in [0.2, 0.25) is 15.9 Å². The van der Waals surface area contributed by atoms with Crippen molar-refractivity contribution in [2.24, 2.45) is 0 Å². The van der Waals surface area contributed by atoms with E-state index in [1.54, 1.807) is 12.1 Å². The Balaban J connectivity index is 1.63. The number of H-pyrrole nitrogens is 1. The van der Waals surface area contributed by atoms with Crippen molar-refractivity contribution in [2.45, 2.75) is 13.3 Å². The van der Waals surface area contributed by atoms with Crippen LogP contribution in [-0.2, 0) is 21.2 Å². The molecule has 0 saturated heterocycles. The smallest absolute Gasteiger partial charge is 0.232 e. The first-order chi connectivity index (χ1) is 12.9. The van der Waals surface area contributed by atoms with E-state index in [4.69, 9.17) is 0 Å². The molecule has 0 atom stereocenters. The number of sulfonamides is 1. The van der Waals surface area contributed by atoms with E-state index in [9.17, 15) is 13.2 Å². The van der Waals surface area contributed by atoms with Crippen LogP contribution in [-0.4, -0.2) is 38.7 Å². The summed E-state index contributed by atoms with van der Waals surface area (Å²) in [6, 6.07) is 15.1. The molecule has 0 aliphatic rings. The first-order valence-electron chi connectivity index (χ1n) is 8.71. The normalized spacial score (nSPS) is 11.5. The number of benzene rings is 2. The summed E-state index contributed by atoms with van der Waals surface area (Å²) in [5.74, 6) is -0.141. The molecule has 142 valence electrons. The molecule has 0 aliphatic carbocycles. The average Bonchev–Trinajstić information content (AvgIpc) is 3.02. The maximum Gasteiger partial charge on any atom is 0.232 e. The van der Waals surface area contributed by atoms with Crippen LogP contribution in [0.5, 0.6) is 0 Å². The number of para-hydroxylation sites is 2. The van der Waals surface area contributed by atoms with Crippen molar-refractivity contribution in [3.8, 4) is 0 Å². The molecule has 0 spiro atoms. The van der Waals surface area contributed by atoms with Gasteiger partial charge in [0.05, 0.1) is 24.9 Å². The van der Waals surface area contributed by atoms with Gasteiger partial charge in [0.15, 0.2) is 0 Å². The molecule has 1 amide bonds. The van der Waals surface area contributed by atoms with E-state index >= 15 is 0 Å². The molecule has 3 rings (SSSR count). The summed E-state index contributed by atoms with van der Waals surface area (Å²) >= 11 is 0. The van der Waals surface area contributed by atoms with E-state index in [0.717, 1.165) is 22.0 Å². The number of carbonyl (C=O) groups is 1. The van der Waals surface area contributed by atoms with Gasteiger partial charge < -0.3 is 10.3 Å². The third kappa shape index (κ3) is 4.49. The summed E-state index contributed by atoms with van der Waals surface area (Å²) in [6.07, 6.45) is 3.25. The predicted molar refractivity (Wildman–Crippen MR) is 108 cm³/mol. The Morgan fingerprint density at radius 1 is 1.11 bits per heavy atom. The number of carbonyl (C=O) groups excluding carboxylic acids is 1. The molecule has 27 heavy (non-hydrogen) atoms. The number of aryl methyl sites for hydroxylation is 1. The quantitative estimate of drug-likeness (QED) is 0.656. The van der Waals surface area contributed by atoms with E-state index in [1.807, 2.05) is 49.5 Å². The van der Waals surface area contributed by atoms with Crippen LogP contribution in [0.4, 0.5) is 5.69 Å². The number of aromatic amines is 1. The van der Waals surface area contributed by atoms with Gasteiger partial charge in [-0.25, -0.2) is 8.42 Å². The molecule has 6 nitrogen and oxygen atoms in total. The van der Waals surface area contributed by atoms with Gasteiger partial charge in [-0.1, -0.05) is 36.4 Å². The lowest BCUT2D eigenvalue weighted by atomic mass is 10.1. The molecule has 7 heteroatoms. The van der Waals surface area contributed by atoms with Crippen LogP contribution < -0.4 is 9.62 Å². The minimum atomic E-state index is -3.44. The number of anilines is 1. The lowest BCUT2D eigenvalue weighted by Crippen LogP contribution is -2.38. The van der Waals surface area contributed by atoms with Crippen LogP contribution in [0.25, 0.3) is 10.9 Å². The Morgan fingerprint density at radius 3 is 2.56 bits per heavy atom. The summed E-state index contributed by atoms with van der Waals surface area (Å²) < 4.78 is 25.7. The number of hydrogen-bond acceptors (Lipinski definition) is 3. The third-order valence-electron chi connectivity index (χ3n) is 4.45. The molecule has 0 unspecified atom stereocenters. The number of aromatic nitrogens is 1. The SMILES string of the molecule is Cc1ccccc1N(CCNC(=O)Cc1c[nH]c2ccccc12)S(C)(=O)=O. The van der Waals surface area contributed by atoms with Gasteiger partial charge in [-0.15, -0.1) is 0 Å². The number of nitrogens with zero attached hydrogens (tertiary/aromatic N) is 1. The van der Waals surface area contributed by atoms with Gasteiger partial charge in [0.25, 0.3) is 0 Å². The summed E-state index contributed by atoms with van der Waals surface area (Å²) in [4.78, 5) is 15.4. The van der Waals surface area contributed by atoms with Crippen molar-refractivity contribution in [2.75, 3.05) is 23.7 Å². The minimum Gasteiger partial charge on any atom is -0.361 e. The van der Waals surface area contributed by atoms with Crippen molar-refractivity contribution >= 4 is 32.5 Å². The van der Waals surface area contributed by atoms with Crippen molar-refractivity contribution in [3.63, 3.8) is 0 Å². The third-order valence-corrected chi connectivity index (χ3v) is 5.63. The molecule has 3 aromatic rings. The Labute approximate surface area is 159 Å². The molecule has 2 N–H and O–H groups in total. The minimum absolute atomic E-state index is 0.141. The highest BCUT2D eigenvalue weighted by Crippen LogP contribution is 2.21. The van der Waals surface area contributed by atoms with Crippen LogP contribution in [0.2, 0.25) is 0 Å². The Bertz CT molecular complexity index is 1060. The maximum absolute atomic E-state index is 12.3. The molecule has 1 heterocycles. The second-order valence-corrected chi connectivity index (χ2v) is 8.41. The van der Waals surface area contributed by atoms with E-state index in [2.05, 4.69) is 10.3 Å². The van der Waals surface area contributed by atoms with Crippen molar-refractivity contribution in [1.29, 1.82) is 0 Å². The predicted octanol–water partition coefficient (Wildman–Crippen LogP) is 2.60. The largest absolute Gasteiger partial charge is 0.361 e. The lowest BCUT2D eigenvalue weighted by molar-refractivity contribution is -0.120. The van der Waals surface area contributed by atoms with Gasteiger partial charge >= 0.3 is 0 Å². The molecular formula is C20H23N3O3S. The summed E-state index contributed by atoms with van der Waals surface area (Å²) in [6.45, 7) is 2.29. The Morgan fingerprint density at radius 2 is 1.81 bits per heavy atom. The number of amides is 1. The van der Waals surface area contributed by atoms with Gasteiger partial charge in [0.1, 0.15) is 0 Å². The van der Waals surface area contributed by atoms with Crippen LogP contribution >= 0.6 is 0 Å². The number of rotatable bonds is 7. The van der Waals surface area contributed by atoms with Crippen molar-refractivity contribution < 1.29 is 13.2 Å². The highest BCUT2D eigenvalue weighted by molar-refractivity contribution is 7.92. The second-order valence-electron chi connectivity index (χ2n) is 6.51. The highest BCUT2D eigenvalue weighted by Gasteiger charge is 2.19. The van der Waals surface area contributed by atoms with E-state index in [-0.39, 0.29) is 25.4 Å². The fraction of sp³-hybridized carbons (Fsp3) is 0.250. The van der Waals surface area contributed by atoms with E-state index in [1.165, 1.54) is 10.6 Å². The zero-order valence-electron chi connectivity index (χ0n) is 15.4. The first kappa shape index (κ1) is 19.0. The van der Waals surface area contributed by atoms with Gasteiger partial charge in [-0.2, -0.15) is 0 Å². The summed E-state index contributed by atoms with van der Waals surface area (Å²) in [5.41, 5.74) is 3.41. The zero-order valence-corrected chi connectivity index (χ0v) is 16.2. The van der Waals surface area contributed by atoms with Crippen LogP contribution in [0.3, 0.4) is 0 Å². The molecule has 0 bridgehead atoms. The number of nitrogens with one attached hydrogen (secondary N) is 2. The zero-order chi connectivity index (χ0) is 19.4. The maximum atomic E-state index is 12.3. The average molecular weight is 385 g/mol. The molecule has 2 aromatic carbocycles. The topological polar surface area (TPSA) is 82.3 Å². The monoisotopic (exact) mass is 385 g/mol. The van der Waals surface area contributed by atoms with Crippen LogP contribution in [0.1, 0.15) is 11.1 Å². The molecule has 0 aliphatic heterocycles.